The number of carboxylic acid groups (broad SMARTS) is 1. The number of hydrogen-bond acceptors (Lipinski definition) is 1. The van der Waals surface area contributed by atoms with E-state index in [1.807, 2.05) is 0 Å². The van der Waals surface area contributed by atoms with Crippen molar-refractivity contribution in [2.24, 2.45) is 0 Å². The fraction of sp³-hybridized carbons (Fsp3) is 0. The Morgan fingerprint density at radius 2 is 1.91 bits per heavy atom. The number of rotatable bonds is 1. The summed E-state index contributed by atoms with van der Waals surface area (Å²) < 4.78 is 0. The Balaban J connectivity index is 3.38. The highest BCUT2D eigenvalue weighted by Crippen LogP contribution is 1.89. The van der Waals surface area contributed by atoms with E-state index in [-0.39, 0.29) is 5.56 Å². The van der Waals surface area contributed by atoms with E-state index in [9.17, 15) is 4.79 Å². The van der Waals surface area contributed by atoms with E-state index in [0.717, 1.165) is 5.22 Å². The smallest absolute Gasteiger partial charge is 0.335 e. The van der Waals surface area contributed by atoms with Crippen LogP contribution in [0.15, 0.2) is 18.2 Å². The maximum absolute atomic E-state index is 10.4. The van der Waals surface area contributed by atoms with Crippen LogP contribution in [0.4, 0.5) is 0 Å². The lowest BCUT2D eigenvalue weighted by Gasteiger charge is -1.91. The van der Waals surface area contributed by atoms with Crippen molar-refractivity contribution in [2.75, 3.05) is 0 Å². The van der Waals surface area contributed by atoms with Crippen LogP contribution >= 0.6 is 0 Å². The van der Waals surface area contributed by atoms with Crippen LogP contribution in [0.5, 0.6) is 0 Å². The second-order valence-electron chi connectivity index (χ2n) is 2.29. The molecule has 0 unspecified atom stereocenters. The molecule has 0 aromatic heterocycles. The lowest BCUT2D eigenvalue weighted by atomic mass is 10.2. The molecule has 0 fully saturated rings. The quantitative estimate of drug-likeness (QED) is 0.618. The van der Waals surface area contributed by atoms with Gasteiger partial charge in [-0.15, -0.1) is 0 Å². The van der Waals surface area contributed by atoms with Gasteiger partial charge in [-0.3, -0.25) is 0 Å². The molecule has 1 aromatic rings. The van der Waals surface area contributed by atoms with Gasteiger partial charge in [0, 0.05) is 0 Å². The van der Waals surface area contributed by atoms with Crippen molar-refractivity contribution in [1.29, 1.82) is 0 Å². The average molecular weight is 148 g/mol. The van der Waals surface area contributed by atoms with Gasteiger partial charge in [-0.2, -0.15) is 0 Å². The lowest BCUT2D eigenvalue weighted by molar-refractivity contribution is 0.0697. The summed E-state index contributed by atoms with van der Waals surface area (Å²) in [7, 11) is 0. The first kappa shape index (κ1) is 7.54. The van der Waals surface area contributed by atoms with Gasteiger partial charge in [0.05, 0.1) is 5.56 Å². The van der Waals surface area contributed by atoms with E-state index in [4.69, 9.17) is 5.11 Å². The molecule has 0 atom stereocenters. The molecule has 2 heteroatoms. The Labute approximate surface area is 64.1 Å². The van der Waals surface area contributed by atoms with E-state index in [0.29, 0.717) is 5.22 Å². The van der Waals surface area contributed by atoms with E-state index in [1.165, 1.54) is 12.1 Å². The third-order valence-electron chi connectivity index (χ3n) is 1.45. The summed E-state index contributed by atoms with van der Waals surface area (Å²) in [5.41, 5.74) is 0.252. The van der Waals surface area contributed by atoms with Crippen LogP contribution in [-0.2, 0) is 0 Å². The Morgan fingerprint density at radius 1 is 1.27 bits per heavy atom. The van der Waals surface area contributed by atoms with Crippen LogP contribution in [0.25, 0.3) is 13.2 Å². The zero-order chi connectivity index (χ0) is 8.43. The topological polar surface area (TPSA) is 37.3 Å². The summed E-state index contributed by atoms with van der Waals surface area (Å²) in [6.45, 7) is 7.30. The van der Waals surface area contributed by atoms with Gasteiger partial charge in [0.2, 0.25) is 0 Å². The third kappa shape index (κ3) is 1.46. The summed E-state index contributed by atoms with van der Waals surface area (Å²) >= 11 is 0. The third-order valence-corrected chi connectivity index (χ3v) is 1.45. The largest absolute Gasteiger partial charge is 0.478 e. The fourth-order valence-electron chi connectivity index (χ4n) is 0.759. The second kappa shape index (κ2) is 2.58. The van der Waals surface area contributed by atoms with Crippen molar-refractivity contribution in [3.05, 3.63) is 34.2 Å². The molecule has 0 aliphatic heterocycles. The molecular weight excluding hydrogens is 140 g/mol. The van der Waals surface area contributed by atoms with E-state index in [2.05, 4.69) is 13.2 Å². The standard InChI is InChI=1S/C9H8O2/c1-6-3-4-8(9(10)11)5-7(6)2/h3-5H,1-2H2,(H,10,11). The van der Waals surface area contributed by atoms with Gasteiger partial charge in [-0.05, 0) is 22.6 Å². The van der Waals surface area contributed by atoms with Gasteiger partial charge in [0.15, 0.2) is 0 Å². The molecule has 0 saturated heterocycles. The SMILES string of the molecule is C=c1ccc(C(=O)O)cc1=C. The Hall–Kier alpha value is -1.57. The van der Waals surface area contributed by atoms with E-state index >= 15 is 0 Å². The maximum Gasteiger partial charge on any atom is 0.335 e. The van der Waals surface area contributed by atoms with Crippen molar-refractivity contribution >= 4 is 19.1 Å². The molecule has 0 aliphatic rings. The first-order valence-corrected chi connectivity index (χ1v) is 3.12. The van der Waals surface area contributed by atoms with Crippen LogP contribution in [0.1, 0.15) is 10.4 Å². The molecule has 1 N–H and O–H groups in total. The molecule has 0 heterocycles. The summed E-state index contributed by atoms with van der Waals surface area (Å²) in [5, 5.41) is 9.97. The van der Waals surface area contributed by atoms with Crippen molar-refractivity contribution in [3.63, 3.8) is 0 Å². The Morgan fingerprint density at radius 3 is 2.36 bits per heavy atom. The summed E-state index contributed by atoms with van der Waals surface area (Å²) in [5.74, 6) is -0.935. The number of carboxylic acids is 1. The van der Waals surface area contributed by atoms with Crippen molar-refractivity contribution < 1.29 is 9.90 Å². The summed E-state index contributed by atoms with van der Waals surface area (Å²) in [4.78, 5) is 10.4. The zero-order valence-electron chi connectivity index (χ0n) is 6.00. The monoisotopic (exact) mass is 148 g/mol. The highest BCUT2D eigenvalue weighted by Gasteiger charge is 1.98. The molecule has 0 bridgehead atoms. The minimum atomic E-state index is -0.935. The molecule has 0 saturated carbocycles. The van der Waals surface area contributed by atoms with Gasteiger partial charge in [0.1, 0.15) is 0 Å². The van der Waals surface area contributed by atoms with Gasteiger partial charge in [-0.25, -0.2) is 4.79 Å². The second-order valence-corrected chi connectivity index (χ2v) is 2.29. The predicted molar refractivity (Wildman–Crippen MR) is 43.7 cm³/mol. The maximum atomic E-state index is 10.4. The number of carbonyl (C=O) groups is 1. The van der Waals surface area contributed by atoms with Gasteiger partial charge >= 0.3 is 5.97 Å². The van der Waals surface area contributed by atoms with Crippen LogP contribution in [0.2, 0.25) is 0 Å². The Kier molecular flexibility index (Phi) is 1.77. The highest BCUT2D eigenvalue weighted by atomic mass is 16.4. The lowest BCUT2D eigenvalue weighted by Crippen LogP contribution is -2.22. The molecule has 1 aromatic carbocycles. The predicted octanol–water partition coefficient (Wildman–Crippen LogP) is 0.205. The Bertz CT molecular complexity index is 379. The fourth-order valence-corrected chi connectivity index (χ4v) is 0.759. The summed E-state index contributed by atoms with van der Waals surface area (Å²) in [6, 6.07) is 4.66. The first-order valence-electron chi connectivity index (χ1n) is 3.12. The molecule has 11 heavy (non-hydrogen) atoms. The molecule has 0 radical (unpaired) electrons. The number of benzene rings is 1. The molecular formula is C9H8O2. The van der Waals surface area contributed by atoms with Crippen LogP contribution in [0.3, 0.4) is 0 Å². The minimum absolute atomic E-state index is 0.252. The van der Waals surface area contributed by atoms with Gasteiger partial charge in [0.25, 0.3) is 0 Å². The molecule has 2 nitrogen and oxygen atoms in total. The number of hydrogen-bond donors (Lipinski definition) is 1. The summed E-state index contributed by atoms with van der Waals surface area (Å²) in [6.07, 6.45) is 0. The molecule has 56 valence electrons. The first-order chi connectivity index (χ1) is 5.11. The number of aromatic carboxylic acids is 1. The molecule has 1 rings (SSSR count). The van der Waals surface area contributed by atoms with Crippen molar-refractivity contribution in [1.82, 2.24) is 0 Å². The molecule has 0 spiro atoms. The zero-order valence-corrected chi connectivity index (χ0v) is 6.00. The highest BCUT2D eigenvalue weighted by molar-refractivity contribution is 5.87. The van der Waals surface area contributed by atoms with Gasteiger partial charge in [-0.1, -0.05) is 19.2 Å². The van der Waals surface area contributed by atoms with Crippen LogP contribution in [-0.4, -0.2) is 11.1 Å². The van der Waals surface area contributed by atoms with Crippen LogP contribution < -0.4 is 10.4 Å². The molecule has 0 amide bonds. The normalized spacial score (nSPS) is 9.45. The van der Waals surface area contributed by atoms with Crippen molar-refractivity contribution in [2.45, 2.75) is 0 Å². The minimum Gasteiger partial charge on any atom is -0.478 e. The van der Waals surface area contributed by atoms with E-state index < -0.39 is 5.97 Å². The van der Waals surface area contributed by atoms with Gasteiger partial charge < -0.3 is 5.11 Å². The van der Waals surface area contributed by atoms with Crippen molar-refractivity contribution in [3.8, 4) is 0 Å². The van der Waals surface area contributed by atoms with Crippen LogP contribution in [0, 0.1) is 0 Å². The van der Waals surface area contributed by atoms with E-state index in [1.54, 1.807) is 6.07 Å². The average Bonchev–Trinajstić information content (AvgIpc) is 1.94. The molecule has 0 aliphatic carbocycles.